The van der Waals surface area contributed by atoms with Crippen LogP contribution < -0.4 is 15.6 Å². The molecule has 1 aromatic heterocycles. The second-order valence-corrected chi connectivity index (χ2v) is 6.07. The van der Waals surface area contributed by atoms with Crippen molar-refractivity contribution in [3.8, 4) is 5.75 Å². The van der Waals surface area contributed by atoms with E-state index in [1.807, 2.05) is 30.3 Å². The van der Waals surface area contributed by atoms with Crippen molar-refractivity contribution in [2.45, 2.75) is 6.61 Å². The zero-order chi connectivity index (χ0) is 19.8. The molecule has 0 spiro atoms. The normalized spacial score (nSPS) is 10.6. The lowest BCUT2D eigenvalue weighted by molar-refractivity contribution is -0.117. The molecule has 0 saturated heterocycles. The highest BCUT2D eigenvalue weighted by Crippen LogP contribution is 2.16. The number of carbonyl (C=O) groups excluding carboxylic acids is 2. The van der Waals surface area contributed by atoms with Crippen LogP contribution >= 0.6 is 11.6 Å². The fourth-order valence-corrected chi connectivity index (χ4v) is 2.44. The van der Waals surface area contributed by atoms with Crippen LogP contribution in [0.2, 0.25) is 5.02 Å². The molecule has 3 rings (SSSR count). The predicted octanol–water partition coefficient (Wildman–Crippen LogP) is 3.99. The van der Waals surface area contributed by atoms with Crippen LogP contribution in [0.3, 0.4) is 0 Å². The molecule has 2 aromatic carbocycles. The van der Waals surface area contributed by atoms with Crippen LogP contribution in [0.25, 0.3) is 6.08 Å². The van der Waals surface area contributed by atoms with Gasteiger partial charge in [-0.3, -0.25) is 20.4 Å². The van der Waals surface area contributed by atoms with Crippen molar-refractivity contribution >= 4 is 29.5 Å². The van der Waals surface area contributed by atoms with Crippen molar-refractivity contribution < 1.29 is 18.7 Å². The van der Waals surface area contributed by atoms with Gasteiger partial charge in [0.1, 0.15) is 18.1 Å². The molecule has 0 aliphatic heterocycles. The van der Waals surface area contributed by atoms with Gasteiger partial charge in [0.25, 0.3) is 5.91 Å². The number of hydrazine groups is 1. The van der Waals surface area contributed by atoms with E-state index in [-0.39, 0.29) is 12.4 Å². The number of benzene rings is 2. The smallest absolute Gasteiger partial charge is 0.305 e. The molecule has 0 aliphatic rings. The molecule has 2 amide bonds. The van der Waals surface area contributed by atoms with E-state index in [2.05, 4.69) is 10.9 Å². The van der Waals surface area contributed by atoms with Crippen LogP contribution in [-0.2, 0) is 11.4 Å². The quantitative estimate of drug-likeness (QED) is 0.487. The Balaban J connectivity index is 1.48. The van der Waals surface area contributed by atoms with Crippen LogP contribution in [-0.4, -0.2) is 11.8 Å². The van der Waals surface area contributed by atoms with Gasteiger partial charge in [0, 0.05) is 11.1 Å². The van der Waals surface area contributed by atoms with E-state index in [1.165, 1.54) is 12.1 Å². The molecule has 0 radical (unpaired) electrons. The largest absolute Gasteiger partial charge is 0.486 e. The Labute approximate surface area is 166 Å². The van der Waals surface area contributed by atoms with Crippen LogP contribution in [0.5, 0.6) is 5.75 Å². The van der Waals surface area contributed by atoms with E-state index in [1.54, 1.807) is 36.4 Å². The monoisotopic (exact) mass is 396 g/mol. The lowest BCUT2D eigenvalue weighted by Gasteiger charge is -2.04. The fourth-order valence-electron chi connectivity index (χ4n) is 2.25. The van der Waals surface area contributed by atoms with Crippen LogP contribution in [0.15, 0.2) is 77.2 Å². The van der Waals surface area contributed by atoms with E-state index in [9.17, 15) is 9.59 Å². The van der Waals surface area contributed by atoms with Gasteiger partial charge in [0.05, 0.1) is 0 Å². The summed E-state index contributed by atoms with van der Waals surface area (Å²) < 4.78 is 11.0. The lowest BCUT2D eigenvalue weighted by Crippen LogP contribution is -2.40. The number of hydrogen-bond donors (Lipinski definition) is 2. The third-order valence-corrected chi connectivity index (χ3v) is 3.97. The number of nitrogens with one attached hydrogen (secondary N) is 2. The first kappa shape index (κ1) is 19.3. The fraction of sp³-hybridized carbons (Fsp3) is 0.0476. The highest BCUT2D eigenvalue weighted by molar-refractivity contribution is 6.32. The number of para-hydroxylation sites is 1. The Hall–Kier alpha value is -3.51. The van der Waals surface area contributed by atoms with Crippen LogP contribution in [0.1, 0.15) is 21.9 Å². The third kappa shape index (κ3) is 5.49. The first-order valence-electron chi connectivity index (χ1n) is 8.41. The number of carbonyl (C=O) groups is 2. The summed E-state index contributed by atoms with van der Waals surface area (Å²) in [6.07, 6.45) is 2.82. The summed E-state index contributed by atoms with van der Waals surface area (Å²) in [5.41, 5.74) is 5.25. The molecule has 0 fully saturated rings. The van der Waals surface area contributed by atoms with E-state index in [0.29, 0.717) is 22.1 Å². The minimum Gasteiger partial charge on any atom is -0.486 e. The molecule has 0 saturated carbocycles. The number of ether oxygens (including phenoxy) is 1. The zero-order valence-electron chi connectivity index (χ0n) is 14.7. The number of hydrogen-bond acceptors (Lipinski definition) is 4. The maximum atomic E-state index is 12.1. The molecule has 0 bridgehead atoms. The minimum absolute atomic E-state index is 0.0574. The first-order valence-corrected chi connectivity index (χ1v) is 8.79. The Morgan fingerprint density at radius 2 is 1.71 bits per heavy atom. The van der Waals surface area contributed by atoms with Crippen LogP contribution in [0.4, 0.5) is 0 Å². The second kappa shape index (κ2) is 9.43. The molecule has 1 heterocycles. The SMILES string of the molecule is O=C(/C=C/c1ccccc1Cl)NNC(=O)c1ccc(COc2ccccc2)o1. The summed E-state index contributed by atoms with van der Waals surface area (Å²) in [6, 6.07) is 19.5. The minimum atomic E-state index is -0.578. The molecule has 142 valence electrons. The highest BCUT2D eigenvalue weighted by atomic mass is 35.5. The van der Waals surface area contributed by atoms with Gasteiger partial charge in [-0.1, -0.05) is 48.0 Å². The number of furan rings is 1. The van der Waals surface area contributed by atoms with Gasteiger partial charge < -0.3 is 9.15 Å². The lowest BCUT2D eigenvalue weighted by atomic mass is 10.2. The van der Waals surface area contributed by atoms with E-state index < -0.39 is 11.8 Å². The summed E-state index contributed by atoms with van der Waals surface area (Å²) in [7, 11) is 0. The molecular weight excluding hydrogens is 380 g/mol. The summed E-state index contributed by atoms with van der Waals surface area (Å²) in [6.45, 7) is 0.185. The van der Waals surface area contributed by atoms with Gasteiger partial charge in [0.15, 0.2) is 5.76 Å². The Morgan fingerprint density at radius 1 is 0.964 bits per heavy atom. The molecule has 0 aliphatic carbocycles. The molecule has 28 heavy (non-hydrogen) atoms. The maximum Gasteiger partial charge on any atom is 0.305 e. The summed E-state index contributed by atoms with van der Waals surface area (Å²) >= 11 is 6.01. The number of amides is 2. The Bertz CT molecular complexity index is 983. The first-order chi connectivity index (χ1) is 13.6. The topological polar surface area (TPSA) is 80.6 Å². The number of rotatable bonds is 6. The van der Waals surface area contributed by atoms with Gasteiger partial charge in [-0.05, 0) is 42.0 Å². The van der Waals surface area contributed by atoms with Crippen LogP contribution in [0, 0.1) is 0 Å². The Kier molecular flexibility index (Phi) is 6.49. The molecule has 6 nitrogen and oxygen atoms in total. The van der Waals surface area contributed by atoms with Gasteiger partial charge in [-0.25, -0.2) is 0 Å². The zero-order valence-corrected chi connectivity index (χ0v) is 15.5. The van der Waals surface area contributed by atoms with Gasteiger partial charge in [0.2, 0.25) is 0 Å². The molecule has 3 aromatic rings. The molecule has 2 N–H and O–H groups in total. The van der Waals surface area contributed by atoms with E-state index >= 15 is 0 Å². The summed E-state index contributed by atoms with van der Waals surface area (Å²) in [4.78, 5) is 23.9. The molecule has 0 atom stereocenters. The average Bonchev–Trinajstić information content (AvgIpc) is 3.20. The summed E-state index contributed by atoms with van der Waals surface area (Å²) in [5, 5.41) is 0.524. The van der Waals surface area contributed by atoms with Crippen molar-refractivity contribution in [2.24, 2.45) is 0 Å². The van der Waals surface area contributed by atoms with Gasteiger partial charge in [-0.2, -0.15) is 0 Å². The van der Waals surface area contributed by atoms with Gasteiger partial charge >= 0.3 is 5.91 Å². The second-order valence-electron chi connectivity index (χ2n) is 5.67. The predicted molar refractivity (Wildman–Crippen MR) is 106 cm³/mol. The highest BCUT2D eigenvalue weighted by Gasteiger charge is 2.12. The summed E-state index contributed by atoms with van der Waals surface area (Å²) in [5.74, 6) is 0.154. The van der Waals surface area contributed by atoms with Crippen molar-refractivity contribution in [3.05, 3.63) is 94.9 Å². The Morgan fingerprint density at radius 3 is 2.50 bits per heavy atom. The number of halogens is 1. The average molecular weight is 397 g/mol. The van der Waals surface area contributed by atoms with Gasteiger partial charge in [-0.15, -0.1) is 0 Å². The van der Waals surface area contributed by atoms with Crippen molar-refractivity contribution in [1.82, 2.24) is 10.9 Å². The standard InChI is InChI=1S/C21H17ClN2O4/c22-18-9-5-4-6-15(18)10-13-20(25)23-24-21(26)19-12-11-17(28-19)14-27-16-7-2-1-3-8-16/h1-13H,14H2,(H,23,25)(H,24,26)/b13-10+. The maximum absolute atomic E-state index is 12.1. The van der Waals surface area contributed by atoms with Crippen molar-refractivity contribution in [3.63, 3.8) is 0 Å². The van der Waals surface area contributed by atoms with E-state index in [0.717, 1.165) is 0 Å². The van der Waals surface area contributed by atoms with Crippen molar-refractivity contribution in [2.75, 3.05) is 0 Å². The molecule has 0 unspecified atom stereocenters. The third-order valence-electron chi connectivity index (χ3n) is 3.63. The molecule has 7 heteroatoms. The van der Waals surface area contributed by atoms with E-state index in [4.69, 9.17) is 20.8 Å². The molecular formula is C21H17ClN2O4. The van der Waals surface area contributed by atoms with Crippen molar-refractivity contribution in [1.29, 1.82) is 0 Å².